The molecule has 1 N–H and O–H groups in total. The Kier molecular flexibility index (Phi) is 9.69. The average Bonchev–Trinajstić information content (AvgIpc) is 2.14. The van der Waals surface area contributed by atoms with E-state index < -0.39 is 11.9 Å². The van der Waals surface area contributed by atoms with Crippen molar-refractivity contribution in [2.45, 2.75) is 6.92 Å². The highest BCUT2D eigenvalue weighted by Gasteiger charge is 1.91. The maximum absolute atomic E-state index is 10.1. The third kappa shape index (κ3) is 16.6. The summed E-state index contributed by atoms with van der Waals surface area (Å²) in [6.07, 6.45) is 3.27. The van der Waals surface area contributed by atoms with Gasteiger partial charge in [-0.05, 0) is 6.92 Å². The molecule has 0 spiro atoms. The maximum atomic E-state index is 10.1. The van der Waals surface area contributed by atoms with E-state index in [2.05, 4.69) is 17.9 Å². The summed E-state index contributed by atoms with van der Waals surface area (Å²) in [5, 5.41) is 7.96. The summed E-state index contributed by atoms with van der Waals surface area (Å²) in [7, 11) is 1.18. The molecule has 0 saturated carbocycles. The Morgan fingerprint density at radius 3 is 2.00 bits per heavy atom. The van der Waals surface area contributed by atoms with E-state index in [1.54, 1.807) is 6.08 Å². The SMILES string of the molecule is C=CC(=C)C.COC(=O)/C=C\C(=O)O. The van der Waals surface area contributed by atoms with E-state index in [1.165, 1.54) is 7.11 Å². The number of rotatable bonds is 3. The minimum atomic E-state index is -1.17. The average molecular weight is 198 g/mol. The van der Waals surface area contributed by atoms with E-state index in [-0.39, 0.29) is 0 Å². The molecule has 0 amide bonds. The van der Waals surface area contributed by atoms with Crippen molar-refractivity contribution in [2.75, 3.05) is 7.11 Å². The second-order valence-corrected chi connectivity index (χ2v) is 2.25. The van der Waals surface area contributed by atoms with Crippen LogP contribution in [0.25, 0.3) is 0 Å². The van der Waals surface area contributed by atoms with Crippen LogP contribution in [0.3, 0.4) is 0 Å². The molecular weight excluding hydrogens is 184 g/mol. The van der Waals surface area contributed by atoms with E-state index in [0.29, 0.717) is 6.08 Å². The fourth-order valence-corrected chi connectivity index (χ4v) is 0.207. The van der Waals surface area contributed by atoms with E-state index in [4.69, 9.17) is 5.11 Å². The standard InChI is InChI=1S/C5H6O4.C5H8/c1-9-5(8)3-2-4(6)7;1-4-5(2)3/h2-3H,1H3,(H,6,7);4H,1-2H2,3H3/b3-2-;. The number of methoxy groups -OCH3 is 1. The molecule has 4 nitrogen and oxygen atoms in total. The molecule has 0 heterocycles. The van der Waals surface area contributed by atoms with Crippen LogP contribution in [0.1, 0.15) is 6.92 Å². The molecule has 0 bridgehead atoms. The third-order valence-electron chi connectivity index (χ3n) is 0.912. The third-order valence-corrected chi connectivity index (χ3v) is 0.912. The zero-order chi connectivity index (χ0) is 11.6. The van der Waals surface area contributed by atoms with Gasteiger partial charge in [-0.3, -0.25) is 0 Å². The number of carboxylic acids is 1. The van der Waals surface area contributed by atoms with Crippen LogP contribution in [0.2, 0.25) is 0 Å². The predicted octanol–water partition coefficient (Wildman–Crippen LogP) is 1.55. The quantitative estimate of drug-likeness (QED) is 0.424. The highest BCUT2D eigenvalue weighted by atomic mass is 16.5. The molecule has 0 unspecified atom stereocenters. The number of carbonyl (C=O) groups is 2. The molecule has 0 aromatic carbocycles. The van der Waals surface area contributed by atoms with Crippen molar-refractivity contribution in [3.8, 4) is 0 Å². The number of hydrogen-bond acceptors (Lipinski definition) is 3. The number of hydrogen-bond donors (Lipinski definition) is 1. The highest BCUT2D eigenvalue weighted by molar-refractivity contribution is 5.90. The molecular formula is C10H14O4. The molecule has 0 radical (unpaired) electrons. The van der Waals surface area contributed by atoms with Gasteiger partial charge in [-0.15, -0.1) is 0 Å². The molecule has 0 aromatic rings. The lowest BCUT2D eigenvalue weighted by atomic mass is 10.4. The fourth-order valence-electron chi connectivity index (χ4n) is 0.207. The van der Waals surface area contributed by atoms with Crippen molar-refractivity contribution in [1.82, 2.24) is 0 Å². The van der Waals surface area contributed by atoms with E-state index >= 15 is 0 Å². The Hall–Kier alpha value is -1.84. The fraction of sp³-hybridized carbons (Fsp3) is 0.200. The predicted molar refractivity (Wildman–Crippen MR) is 53.8 cm³/mol. The summed E-state index contributed by atoms with van der Waals surface area (Å²) >= 11 is 0. The van der Waals surface area contributed by atoms with Gasteiger partial charge in [-0.2, -0.15) is 0 Å². The van der Waals surface area contributed by atoms with Gasteiger partial charge in [-0.1, -0.05) is 24.8 Å². The summed E-state index contributed by atoms with van der Waals surface area (Å²) in [4.78, 5) is 19.9. The molecule has 78 valence electrons. The Morgan fingerprint density at radius 2 is 1.79 bits per heavy atom. The normalized spacial score (nSPS) is 8.43. The van der Waals surface area contributed by atoms with Crippen LogP contribution in [0, 0.1) is 0 Å². The zero-order valence-electron chi connectivity index (χ0n) is 8.32. The molecule has 0 aliphatic rings. The molecule has 0 aliphatic heterocycles. The largest absolute Gasteiger partial charge is 0.478 e. The molecule has 0 aliphatic carbocycles. The summed E-state index contributed by atoms with van der Waals surface area (Å²) < 4.78 is 4.11. The Morgan fingerprint density at radius 1 is 1.36 bits per heavy atom. The van der Waals surface area contributed by atoms with E-state index in [9.17, 15) is 9.59 Å². The zero-order valence-corrected chi connectivity index (χ0v) is 8.32. The van der Waals surface area contributed by atoms with E-state index in [0.717, 1.165) is 11.6 Å². The summed E-state index contributed by atoms with van der Waals surface area (Å²) in [5.41, 5.74) is 1.02. The minimum absolute atomic E-state index is 0.669. The van der Waals surface area contributed by atoms with Gasteiger partial charge in [-0.25, -0.2) is 9.59 Å². The second kappa shape index (κ2) is 9.25. The molecule has 0 aromatic heterocycles. The summed E-state index contributed by atoms with van der Waals surface area (Å²) in [6, 6.07) is 0. The first-order valence-electron chi connectivity index (χ1n) is 3.71. The van der Waals surface area contributed by atoms with Crippen LogP contribution in [0.5, 0.6) is 0 Å². The smallest absolute Gasteiger partial charge is 0.330 e. The number of carboxylic acid groups (broad SMARTS) is 1. The van der Waals surface area contributed by atoms with Gasteiger partial charge < -0.3 is 9.84 Å². The Bertz CT molecular complexity index is 251. The topological polar surface area (TPSA) is 63.6 Å². The monoisotopic (exact) mass is 198 g/mol. The highest BCUT2D eigenvalue weighted by Crippen LogP contribution is 1.81. The van der Waals surface area contributed by atoms with Crippen molar-refractivity contribution >= 4 is 11.9 Å². The molecule has 0 fully saturated rings. The second-order valence-electron chi connectivity index (χ2n) is 2.25. The van der Waals surface area contributed by atoms with Crippen LogP contribution in [-0.4, -0.2) is 24.2 Å². The van der Waals surface area contributed by atoms with E-state index in [1.807, 2.05) is 6.92 Å². The van der Waals surface area contributed by atoms with Gasteiger partial charge in [0.1, 0.15) is 0 Å². The van der Waals surface area contributed by atoms with Crippen molar-refractivity contribution < 1.29 is 19.4 Å². The lowest BCUT2D eigenvalue weighted by Gasteiger charge is -1.85. The molecule has 0 atom stereocenters. The van der Waals surface area contributed by atoms with Crippen LogP contribution in [0.4, 0.5) is 0 Å². The van der Waals surface area contributed by atoms with Crippen molar-refractivity contribution in [2.24, 2.45) is 0 Å². The summed E-state index contributed by atoms with van der Waals surface area (Å²) in [6.45, 7) is 8.93. The summed E-state index contributed by atoms with van der Waals surface area (Å²) in [5.74, 6) is -1.84. The van der Waals surface area contributed by atoms with Gasteiger partial charge in [0.05, 0.1) is 7.11 Å². The van der Waals surface area contributed by atoms with Crippen LogP contribution < -0.4 is 0 Å². The molecule has 14 heavy (non-hydrogen) atoms. The number of esters is 1. The number of carbonyl (C=O) groups excluding carboxylic acids is 1. The molecule has 0 saturated heterocycles. The Balaban J connectivity index is 0. The van der Waals surface area contributed by atoms with Gasteiger partial charge >= 0.3 is 11.9 Å². The lowest BCUT2D eigenvalue weighted by Crippen LogP contribution is -1.96. The number of ether oxygens (including phenoxy) is 1. The molecule has 0 rings (SSSR count). The van der Waals surface area contributed by atoms with Crippen LogP contribution >= 0.6 is 0 Å². The molecule has 4 heteroatoms. The van der Waals surface area contributed by atoms with Crippen molar-refractivity contribution in [3.05, 3.63) is 37.0 Å². The van der Waals surface area contributed by atoms with Crippen molar-refractivity contribution in [1.29, 1.82) is 0 Å². The van der Waals surface area contributed by atoms with Gasteiger partial charge in [0.15, 0.2) is 0 Å². The first-order chi connectivity index (χ1) is 6.43. The van der Waals surface area contributed by atoms with Gasteiger partial charge in [0, 0.05) is 12.2 Å². The van der Waals surface area contributed by atoms with Crippen molar-refractivity contribution in [3.63, 3.8) is 0 Å². The maximum Gasteiger partial charge on any atom is 0.330 e. The lowest BCUT2D eigenvalue weighted by molar-refractivity contribution is -0.136. The van der Waals surface area contributed by atoms with Gasteiger partial charge in [0.2, 0.25) is 0 Å². The number of allylic oxidation sites excluding steroid dienone is 2. The minimum Gasteiger partial charge on any atom is -0.478 e. The first-order valence-corrected chi connectivity index (χ1v) is 3.71. The first kappa shape index (κ1) is 14.7. The Labute approximate surface area is 83.2 Å². The van der Waals surface area contributed by atoms with Crippen LogP contribution in [0.15, 0.2) is 37.0 Å². The number of aliphatic carboxylic acids is 1. The van der Waals surface area contributed by atoms with Crippen LogP contribution in [-0.2, 0) is 14.3 Å². The van der Waals surface area contributed by atoms with Gasteiger partial charge in [0.25, 0.3) is 0 Å².